The molecule has 2 saturated heterocycles. The Balaban J connectivity index is 1.61. The van der Waals surface area contributed by atoms with Crippen LogP contribution in [-0.2, 0) is 6.54 Å². The maximum Gasteiger partial charge on any atom is 0.185 e. The highest BCUT2D eigenvalue weighted by atomic mass is 32.1. The summed E-state index contributed by atoms with van der Waals surface area (Å²) in [5, 5.41) is 4.59. The fraction of sp³-hybridized carbons (Fsp3) is 0.786. The largest absolute Gasteiger partial charge is 0.345 e. The normalized spacial score (nSPS) is 24.5. The predicted molar refractivity (Wildman–Crippen MR) is 80.9 cm³/mol. The van der Waals surface area contributed by atoms with E-state index in [1.54, 1.807) is 0 Å². The predicted octanol–water partition coefficient (Wildman–Crippen LogP) is 1.93. The molecule has 2 aliphatic rings. The number of piperidine rings is 1. The third-order valence-corrected chi connectivity index (χ3v) is 5.26. The standard InChI is InChI=1S/C14H24N4S/c1-2-15-9-13-10-16-14(19-13)18-8-7-17-6-4-3-5-12(17)11-18/h10,12,15H,2-9,11H2,1H3. The summed E-state index contributed by atoms with van der Waals surface area (Å²) in [5.74, 6) is 0. The molecule has 1 atom stereocenters. The highest BCUT2D eigenvalue weighted by Crippen LogP contribution is 2.28. The Morgan fingerprint density at radius 3 is 3.21 bits per heavy atom. The van der Waals surface area contributed by atoms with Crippen molar-refractivity contribution in [2.75, 3.05) is 37.6 Å². The summed E-state index contributed by atoms with van der Waals surface area (Å²) in [7, 11) is 0. The van der Waals surface area contributed by atoms with E-state index in [4.69, 9.17) is 0 Å². The topological polar surface area (TPSA) is 31.4 Å². The molecule has 1 N–H and O–H groups in total. The molecule has 0 amide bonds. The van der Waals surface area contributed by atoms with Crippen LogP contribution in [0.4, 0.5) is 5.13 Å². The second kappa shape index (κ2) is 6.20. The molecular formula is C14H24N4S. The van der Waals surface area contributed by atoms with Gasteiger partial charge < -0.3 is 10.2 Å². The van der Waals surface area contributed by atoms with E-state index in [9.17, 15) is 0 Å². The molecule has 0 bridgehead atoms. The van der Waals surface area contributed by atoms with E-state index < -0.39 is 0 Å². The number of anilines is 1. The molecule has 0 radical (unpaired) electrons. The number of nitrogens with zero attached hydrogens (tertiary/aromatic N) is 3. The van der Waals surface area contributed by atoms with Gasteiger partial charge in [-0.05, 0) is 25.9 Å². The highest BCUT2D eigenvalue weighted by Gasteiger charge is 2.29. The average molecular weight is 280 g/mol. The lowest BCUT2D eigenvalue weighted by molar-refractivity contribution is 0.133. The summed E-state index contributed by atoms with van der Waals surface area (Å²) in [6.07, 6.45) is 6.20. The van der Waals surface area contributed by atoms with Gasteiger partial charge in [0.2, 0.25) is 0 Å². The van der Waals surface area contributed by atoms with E-state index in [1.807, 2.05) is 17.5 Å². The zero-order valence-corrected chi connectivity index (χ0v) is 12.6. The minimum Gasteiger partial charge on any atom is -0.345 e. The number of hydrogen-bond donors (Lipinski definition) is 1. The van der Waals surface area contributed by atoms with Gasteiger partial charge in [0.05, 0.1) is 0 Å². The molecule has 2 fully saturated rings. The molecule has 1 unspecified atom stereocenters. The summed E-state index contributed by atoms with van der Waals surface area (Å²) in [6, 6.07) is 0.767. The minimum absolute atomic E-state index is 0.767. The van der Waals surface area contributed by atoms with Crippen molar-refractivity contribution >= 4 is 16.5 Å². The van der Waals surface area contributed by atoms with Crippen molar-refractivity contribution in [3.8, 4) is 0 Å². The van der Waals surface area contributed by atoms with Crippen molar-refractivity contribution in [2.24, 2.45) is 0 Å². The van der Waals surface area contributed by atoms with Gasteiger partial charge >= 0.3 is 0 Å². The summed E-state index contributed by atoms with van der Waals surface area (Å²) in [5.41, 5.74) is 0. The Bertz CT molecular complexity index is 406. The molecule has 0 aliphatic carbocycles. The summed E-state index contributed by atoms with van der Waals surface area (Å²) < 4.78 is 0. The molecular weight excluding hydrogens is 256 g/mol. The molecule has 0 aromatic carbocycles. The van der Waals surface area contributed by atoms with Gasteiger partial charge in [0.15, 0.2) is 5.13 Å². The van der Waals surface area contributed by atoms with Gasteiger partial charge in [0.25, 0.3) is 0 Å². The Hall–Kier alpha value is -0.650. The lowest BCUT2D eigenvalue weighted by Gasteiger charge is -2.44. The SMILES string of the molecule is CCNCc1cnc(N2CCN3CCCCC3C2)s1. The smallest absolute Gasteiger partial charge is 0.185 e. The molecule has 0 saturated carbocycles. The first-order valence-electron chi connectivity index (χ1n) is 7.51. The van der Waals surface area contributed by atoms with E-state index in [-0.39, 0.29) is 0 Å². The van der Waals surface area contributed by atoms with Crippen molar-refractivity contribution < 1.29 is 0 Å². The minimum atomic E-state index is 0.767. The van der Waals surface area contributed by atoms with Crippen LogP contribution < -0.4 is 10.2 Å². The average Bonchev–Trinajstić information content (AvgIpc) is 2.93. The lowest BCUT2D eigenvalue weighted by Crippen LogP contribution is -2.54. The number of nitrogens with one attached hydrogen (secondary N) is 1. The van der Waals surface area contributed by atoms with Crippen LogP contribution >= 0.6 is 11.3 Å². The van der Waals surface area contributed by atoms with Crippen molar-refractivity contribution in [1.82, 2.24) is 15.2 Å². The van der Waals surface area contributed by atoms with Crippen molar-refractivity contribution in [1.29, 1.82) is 0 Å². The number of aromatic nitrogens is 1. The van der Waals surface area contributed by atoms with Crippen molar-refractivity contribution in [2.45, 2.75) is 38.8 Å². The van der Waals surface area contributed by atoms with Gasteiger partial charge in [-0.2, -0.15) is 0 Å². The number of piperazine rings is 1. The fourth-order valence-electron chi connectivity index (χ4n) is 3.10. The van der Waals surface area contributed by atoms with Crippen LogP contribution in [0, 0.1) is 0 Å². The molecule has 3 heterocycles. The van der Waals surface area contributed by atoms with E-state index in [0.717, 1.165) is 25.7 Å². The van der Waals surface area contributed by atoms with Crippen LogP contribution in [0.2, 0.25) is 0 Å². The molecule has 1 aromatic heterocycles. The fourth-order valence-corrected chi connectivity index (χ4v) is 4.02. The van der Waals surface area contributed by atoms with Gasteiger partial charge in [-0.3, -0.25) is 4.90 Å². The molecule has 0 spiro atoms. The van der Waals surface area contributed by atoms with Crippen LogP contribution in [0.15, 0.2) is 6.20 Å². The van der Waals surface area contributed by atoms with Crippen molar-refractivity contribution in [3.63, 3.8) is 0 Å². The molecule has 106 valence electrons. The zero-order chi connectivity index (χ0) is 13.1. The second-order valence-electron chi connectivity index (χ2n) is 5.52. The van der Waals surface area contributed by atoms with Crippen LogP contribution in [0.1, 0.15) is 31.1 Å². The van der Waals surface area contributed by atoms with Gasteiger partial charge in [-0.15, -0.1) is 11.3 Å². The van der Waals surface area contributed by atoms with E-state index in [1.165, 1.54) is 48.9 Å². The van der Waals surface area contributed by atoms with Gasteiger partial charge in [-0.1, -0.05) is 13.3 Å². The monoisotopic (exact) mass is 280 g/mol. The van der Waals surface area contributed by atoms with Gasteiger partial charge in [0.1, 0.15) is 0 Å². The lowest BCUT2D eigenvalue weighted by atomic mass is 10.00. The summed E-state index contributed by atoms with van der Waals surface area (Å²) in [4.78, 5) is 11.1. The number of rotatable bonds is 4. The number of thiazole rings is 1. The second-order valence-corrected chi connectivity index (χ2v) is 6.61. The zero-order valence-electron chi connectivity index (χ0n) is 11.8. The summed E-state index contributed by atoms with van der Waals surface area (Å²) >= 11 is 1.85. The first-order chi connectivity index (χ1) is 9.36. The third kappa shape index (κ3) is 3.09. The molecule has 5 heteroatoms. The summed E-state index contributed by atoms with van der Waals surface area (Å²) in [6.45, 7) is 8.96. The molecule has 2 aliphatic heterocycles. The molecule has 4 nitrogen and oxygen atoms in total. The highest BCUT2D eigenvalue weighted by molar-refractivity contribution is 7.15. The maximum atomic E-state index is 4.62. The molecule has 19 heavy (non-hydrogen) atoms. The Morgan fingerprint density at radius 1 is 1.37 bits per heavy atom. The first-order valence-corrected chi connectivity index (χ1v) is 8.33. The van der Waals surface area contributed by atoms with E-state index >= 15 is 0 Å². The first kappa shape index (κ1) is 13.3. The Morgan fingerprint density at radius 2 is 2.32 bits per heavy atom. The Kier molecular flexibility index (Phi) is 4.35. The third-order valence-electron chi connectivity index (χ3n) is 4.20. The van der Waals surface area contributed by atoms with Crippen molar-refractivity contribution in [3.05, 3.63) is 11.1 Å². The van der Waals surface area contributed by atoms with E-state index in [2.05, 4.69) is 27.0 Å². The van der Waals surface area contributed by atoms with Crippen LogP contribution in [-0.4, -0.2) is 48.6 Å². The molecule has 3 rings (SSSR count). The van der Waals surface area contributed by atoms with Gasteiger partial charge in [0, 0.05) is 43.3 Å². The Labute approximate surface area is 119 Å². The van der Waals surface area contributed by atoms with Gasteiger partial charge in [-0.25, -0.2) is 4.98 Å². The number of hydrogen-bond acceptors (Lipinski definition) is 5. The number of fused-ring (bicyclic) bond motifs is 1. The maximum absolute atomic E-state index is 4.62. The van der Waals surface area contributed by atoms with Crippen LogP contribution in [0.3, 0.4) is 0 Å². The van der Waals surface area contributed by atoms with E-state index in [0.29, 0.717) is 0 Å². The van der Waals surface area contributed by atoms with Crippen LogP contribution in [0.25, 0.3) is 0 Å². The molecule has 1 aromatic rings. The quantitative estimate of drug-likeness (QED) is 0.913. The van der Waals surface area contributed by atoms with Crippen LogP contribution in [0.5, 0.6) is 0 Å².